The number of ether oxygens (including phenoxy) is 1. The molecular formula is C16H20N2O. The van der Waals surface area contributed by atoms with Crippen LogP contribution in [0.25, 0.3) is 0 Å². The molecule has 1 aromatic carbocycles. The van der Waals surface area contributed by atoms with Crippen LogP contribution in [0.15, 0.2) is 42.6 Å². The third-order valence-corrected chi connectivity index (χ3v) is 2.96. The van der Waals surface area contributed by atoms with E-state index < -0.39 is 0 Å². The third kappa shape index (κ3) is 4.07. The molecule has 0 fully saturated rings. The van der Waals surface area contributed by atoms with Crippen LogP contribution in [0.1, 0.15) is 23.7 Å². The Kier molecular flexibility index (Phi) is 4.93. The fourth-order valence-electron chi connectivity index (χ4n) is 1.86. The summed E-state index contributed by atoms with van der Waals surface area (Å²) in [5, 5.41) is 3.10. The molecule has 2 rings (SSSR count). The van der Waals surface area contributed by atoms with Crippen LogP contribution in [0.2, 0.25) is 0 Å². The lowest BCUT2D eigenvalue weighted by Crippen LogP contribution is -2.06. The molecule has 1 heterocycles. The third-order valence-electron chi connectivity index (χ3n) is 2.96. The first-order valence-corrected chi connectivity index (χ1v) is 6.62. The molecule has 0 bridgehead atoms. The van der Waals surface area contributed by atoms with Gasteiger partial charge in [0.05, 0.1) is 5.69 Å². The summed E-state index contributed by atoms with van der Waals surface area (Å²) in [6.07, 6.45) is 2.91. The number of nitrogens with one attached hydrogen (secondary N) is 1. The van der Waals surface area contributed by atoms with E-state index in [1.165, 1.54) is 11.1 Å². The highest BCUT2D eigenvalue weighted by atomic mass is 16.5. The number of hydrogen-bond donors (Lipinski definition) is 1. The molecule has 3 nitrogen and oxygen atoms in total. The second-order valence-electron chi connectivity index (χ2n) is 4.48. The average molecular weight is 256 g/mol. The van der Waals surface area contributed by atoms with Crippen molar-refractivity contribution in [2.24, 2.45) is 0 Å². The van der Waals surface area contributed by atoms with Crippen molar-refractivity contribution in [2.45, 2.75) is 26.5 Å². The average Bonchev–Trinajstić information content (AvgIpc) is 2.47. The first kappa shape index (κ1) is 13.6. The maximum Gasteiger partial charge on any atom is 0.130 e. The summed E-state index contributed by atoms with van der Waals surface area (Å²) in [6, 6.07) is 12.3. The highest BCUT2D eigenvalue weighted by molar-refractivity contribution is 5.28. The molecule has 0 aliphatic carbocycles. The van der Waals surface area contributed by atoms with Gasteiger partial charge in [0.25, 0.3) is 0 Å². The van der Waals surface area contributed by atoms with Gasteiger partial charge in [-0.15, -0.1) is 0 Å². The van der Waals surface area contributed by atoms with E-state index in [0.29, 0.717) is 6.61 Å². The van der Waals surface area contributed by atoms with E-state index in [9.17, 15) is 0 Å². The zero-order valence-electron chi connectivity index (χ0n) is 11.5. The number of benzene rings is 1. The monoisotopic (exact) mass is 256 g/mol. The Morgan fingerprint density at radius 3 is 2.74 bits per heavy atom. The molecule has 0 saturated heterocycles. The highest BCUT2D eigenvalue weighted by Gasteiger charge is 1.99. The largest absolute Gasteiger partial charge is 0.487 e. The highest BCUT2D eigenvalue weighted by Crippen LogP contribution is 2.15. The Balaban J connectivity index is 1.94. The molecule has 1 N–H and O–H groups in total. The van der Waals surface area contributed by atoms with Gasteiger partial charge in [0.15, 0.2) is 0 Å². The molecule has 0 amide bonds. The van der Waals surface area contributed by atoms with Crippen LogP contribution >= 0.6 is 0 Å². The van der Waals surface area contributed by atoms with E-state index in [0.717, 1.165) is 24.4 Å². The van der Waals surface area contributed by atoms with E-state index in [-0.39, 0.29) is 0 Å². The van der Waals surface area contributed by atoms with E-state index in [4.69, 9.17) is 4.74 Å². The van der Waals surface area contributed by atoms with Gasteiger partial charge >= 0.3 is 0 Å². The fourth-order valence-corrected chi connectivity index (χ4v) is 1.86. The molecule has 0 aliphatic rings. The Hall–Kier alpha value is -1.87. The zero-order chi connectivity index (χ0) is 13.5. The molecule has 0 radical (unpaired) electrons. The molecule has 0 atom stereocenters. The molecule has 3 heteroatoms. The van der Waals surface area contributed by atoms with Gasteiger partial charge in [0, 0.05) is 12.7 Å². The molecule has 19 heavy (non-hydrogen) atoms. The van der Waals surface area contributed by atoms with Crippen molar-refractivity contribution in [3.05, 3.63) is 59.4 Å². The standard InChI is InChI=1S/C16H20N2O/c1-3-13-5-4-6-16(9-13)19-12-15-8-7-14(10-17-2)11-18-15/h4-9,11,17H,3,10,12H2,1-2H3. The van der Waals surface area contributed by atoms with E-state index in [2.05, 4.69) is 35.4 Å². The van der Waals surface area contributed by atoms with Gasteiger partial charge in [0.2, 0.25) is 0 Å². The van der Waals surface area contributed by atoms with Crippen molar-refractivity contribution in [3.63, 3.8) is 0 Å². The molecule has 100 valence electrons. The Morgan fingerprint density at radius 2 is 2.05 bits per heavy atom. The minimum atomic E-state index is 0.507. The van der Waals surface area contributed by atoms with Crippen LogP contribution in [-0.4, -0.2) is 12.0 Å². The number of aryl methyl sites for hydroxylation is 1. The van der Waals surface area contributed by atoms with Crippen molar-refractivity contribution < 1.29 is 4.74 Å². The van der Waals surface area contributed by atoms with Gasteiger partial charge in [0.1, 0.15) is 12.4 Å². The summed E-state index contributed by atoms with van der Waals surface area (Å²) >= 11 is 0. The maximum absolute atomic E-state index is 5.76. The second kappa shape index (κ2) is 6.90. The predicted molar refractivity (Wildman–Crippen MR) is 77.2 cm³/mol. The van der Waals surface area contributed by atoms with Gasteiger partial charge in [-0.25, -0.2) is 0 Å². The minimum absolute atomic E-state index is 0.507. The summed E-state index contributed by atoms with van der Waals surface area (Å²) in [7, 11) is 1.93. The SMILES string of the molecule is CCc1cccc(OCc2ccc(CNC)cn2)c1. The summed E-state index contributed by atoms with van der Waals surface area (Å²) in [6.45, 7) is 3.49. The normalized spacial score (nSPS) is 10.4. The lowest BCUT2D eigenvalue weighted by atomic mass is 10.2. The summed E-state index contributed by atoms with van der Waals surface area (Å²) in [5.41, 5.74) is 3.41. The number of hydrogen-bond acceptors (Lipinski definition) is 3. The van der Waals surface area contributed by atoms with E-state index in [1.807, 2.05) is 31.4 Å². The van der Waals surface area contributed by atoms with Crippen LogP contribution in [0.4, 0.5) is 0 Å². The Labute approximate surface area is 114 Å². The van der Waals surface area contributed by atoms with Crippen molar-refractivity contribution >= 4 is 0 Å². The van der Waals surface area contributed by atoms with E-state index >= 15 is 0 Å². The summed E-state index contributed by atoms with van der Waals surface area (Å²) < 4.78 is 5.76. The molecule has 2 aromatic rings. The van der Waals surface area contributed by atoms with Crippen molar-refractivity contribution in [3.8, 4) is 5.75 Å². The van der Waals surface area contributed by atoms with Crippen LogP contribution in [0.5, 0.6) is 5.75 Å². The Morgan fingerprint density at radius 1 is 1.16 bits per heavy atom. The van der Waals surface area contributed by atoms with Gasteiger partial charge in [-0.3, -0.25) is 4.98 Å². The number of rotatable bonds is 6. The van der Waals surface area contributed by atoms with Crippen molar-refractivity contribution in [2.75, 3.05) is 7.05 Å². The van der Waals surface area contributed by atoms with E-state index in [1.54, 1.807) is 0 Å². The van der Waals surface area contributed by atoms with Crippen LogP contribution in [-0.2, 0) is 19.6 Å². The van der Waals surface area contributed by atoms with Crippen LogP contribution < -0.4 is 10.1 Å². The van der Waals surface area contributed by atoms with Gasteiger partial charge in [-0.1, -0.05) is 25.1 Å². The molecule has 1 aromatic heterocycles. The van der Waals surface area contributed by atoms with Crippen molar-refractivity contribution in [1.29, 1.82) is 0 Å². The van der Waals surface area contributed by atoms with Crippen LogP contribution in [0, 0.1) is 0 Å². The lowest BCUT2D eigenvalue weighted by molar-refractivity contribution is 0.301. The first-order chi connectivity index (χ1) is 9.31. The predicted octanol–water partition coefficient (Wildman–Crippen LogP) is 2.94. The van der Waals surface area contributed by atoms with Gasteiger partial charge < -0.3 is 10.1 Å². The number of nitrogens with zero attached hydrogens (tertiary/aromatic N) is 1. The number of pyridine rings is 1. The maximum atomic E-state index is 5.76. The zero-order valence-corrected chi connectivity index (χ0v) is 11.5. The Bertz CT molecular complexity index is 508. The second-order valence-corrected chi connectivity index (χ2v) is 4.48. The molecule has 0 aliphatic heterocycles. The fraction of sp³-hybridized carbons (Fsp3) is 0.312. The summed E-state index contributed by atoms with van der Waals surface area (Å²) in [5.74, 6) is 0.903. The summed E-state index contributed by atoms with van der Waals surface area (Å²) in [4.78, 5) is 4.39. The first-order valence-electron chi connectivity index (χ1n) is 6.62. The lowest BCUT2D eigenvalue weighted by Gasteiger charge is -2.07. The number of aromatic nitrogens is 1. The molecule has 0 saturated carbocycles. The molecular weight excluding hydrogens is 236 g/mol. The van der Waals surface area contributed by atoms with Crippen molar-refractivity contribution in [1.82, 2.24) is 10.3 Å². The smallest absolute Gasteiger partial charge is 0.130 e. The topological polar surface area (TPSA) is 34.1 Å². The molecule has 0 unspecified atom stereocenters. The molecule has 0 spiro atoms. The minimum Gasteiger partial charge on any atom is -0.487 e. The van der Waals surface area contributed by atoms with Gasteiger partial charge in [-0.05, 0) is 42.8 Å². The van der Waals surface area contributed by atoms with Crippen LogP contribution in [0.3, 0.4) is 0 Å². The quantitative estimate of drug-likeness (QED) is 0.863. The van der Waals surface area contributed by atoms with Gasteiger partial charge in [-0.2, -0.15) is 0 Å².